The van der Waals surface area contributed by atoms with Crippen molar-refractivity contribution in [2.24, 2.45) is 17.8 Å². The lowest BCUT2D eigenvalue weighted by molar-refractivity contribution is 0.389. The standard InChI is InChI=1S/C54H52N2/c1-3-4-7-16-40-27-33-47(34-28-40)55(45-21-10-6-11-22-45)53-49-23-14-15-24-50(49)54(52-38-44(30-36-51(52)53)41-17-8-5-9-18-41)56(46-31-25-39(2)26-32-46)48-35-29-42-19-12-13-20-43(42)37-48/h3-4,6-7,10-16,19-25,27-37,39,41,52H,5,8-9,17-18,26,38H2,1-2H3/b4-3-,16-7-. The molecule has 278 valence electrons. The van der Waals surface area contributed by atoms with E-state index >= 15 is 0 Å². The van der Waals surface area contributed by atoms with Crippen LogP contribution < -0.4 is 20.2 Å². The second-order valence-corrected chi connectivity index (χ2v) is 16.0. The van der Waals surface area contributed by atoms with E-state index in [1.807, 2.05) is 0 Å². The molecule has 0 aliphatic heterocycles. The first-order valence-electron chi connectivity index (χ1n) is 20.8. The van der Waals surface area contributed by atoms with Gasteiger partial charge >= 0.3 is 0 Å². The van der Waals surface area contributed by atoms with Crippen LogP contribution in [0.15, 0.2) is 187 Å². The molecular weight excluding hydrogens is 677 g/mol. The smallest absolute Gasteiger partial charge is 0.0579 e. The van der Waals surface area contributed by atoms with E-state index in [9.17, 15) is 0 Å². The maximum absolute atomic E-state index is 2.63. The van der Waals surface area contributed by atoms with Crippen molar-refractivity contribution in [3.05, 3.63) is 203 Å². The minimum atomic E-state index is 0.163. The Labute approximate surface area is 333 Å². The lowest BCUT2D eigenvalue weighted by Crippen LogP contribution is -2.46. The summed E-state index contributed by atoms with van der Waals surface area (Å²) < 4.78 is 0. The van der Waals surface area contributed by atoms with Crippen molar-refractivity contribution in [3.63, 3.8) is 0 Å². The van der Waals surface area contributed by atoms with Gasteiger partial charge in [-0.2, -0.15) is 0 Å². The lowest BCUT2D eigenvalue weighted by atomic mass is 9.72. The molecule has 0 radical (unpaired) electrons. The van der Waals surface area contributed by atoms with Gasteiger partial charge in [0.2, 0.25) is 0 Å². The zero-order chi connectivity index (χ0) is 37.8. The highest BCUT2D eigenvalue weighted by molar-refractivity contribution is 5.95. The van der Waals surface area contributed by atoms with Crippen LogP contribution >= 0.6 is 0 Å². The van der Waals surface area contributed by atoms with Gasteiger partial charge < -0.3 is 9.80 Å². The zero-order valence-corrected chi connectivity index (χ0v) is 32.8. The Bertz CT molecular complexity index is 2540. The molecule has 4 aliphatic carbocycles. The fraction of sp³-hybridized carbons (Fsp3) is 0.222. The number of para-hydroxylation sites is 1. The van der Waals surface area contributed by atoms with Crippen molar-refractivity contribution >= 4 is 45.3 Å². The van der Waals surface area contributed by atoms with Crippen LogP contribution in [0, 0.1) is 17.8 Å². The second kappa shape index (κ2) is 16.1. The summed E-state index contributed by atoms with van der Waals surface area (Å²) in [4.78, 5) is 5.15. The van der Waals surface area contributed by atoms with E-state index in [0.717, 1.165) is 24.2 Å². The predicted molar refractivity (Wildman–Crippen MR) is 240 cm³/mol. The third kappa shape index (κ3) is 7.05. The molecule has 9 rings (SSSR count). The fourth-order valence-electron chi connectivity index (χ4n) is 9.39. The summed E-state index contributed by atoms with van der Waals surface area (Å²) in [5.74, 6) is 1.34. The molecule has 0 saturated heterocycles. The minimum Gasteiger partial charge on any atom is -0.313 e. The second-order valence-electron chi connectivity index (χ2n) is 16.0. The SMILES string of the molecule is C/C=C\C=C/c1ccc(N(C2=c3ccccc3=C(N(C3=CCC(C)C=C3)c3ccc4ccccc4c3)C3CC(C4CCCCC4)=CC=C23)c2ccccc2)cc1. The monoisotopic (exact) mass is 728 g/mol. The van der Waals surface area contributed by atoms with Crippen LogP contribution in [0.4, 0.5) is 17.1 Å². The summed E-state index contributed by atoms with van der Waals surface area (Å²) in [7, 11) is 0. The molecule has 5 aromatic rings. The molecule has 2 atom stereocenters. The number of anilines is 3. The molecule has 0 heterocycles. The molecule has 0 amide bonds. The average Bonchev–Trinajstić information content (AvgIpc) is 3.26. The van der Waals surface area contributed by atoms with Gasteiger partial charge in [0.15, 0.2) is 0 Å². The van der Waals surface area contributed by atoms with Crippen LogP contribution in [-0.4, -0.2) is 0 Å². The van der Waals surface area contributed by atoms with E-state index < -0.39 is 0 Å². The maximum atomic E-state index is 2.63. The van der Waals surface area contributed by atoms with E-state index in [1.54, 1.807) is 5.57 Å². The number of nitrogens with zero attached hydrogens (tertiary/aromatic N) is 2. The highest BCUT2D eigenvalue weighted by Crippen LogP contribution is 2.48. The first-order valence-corrected chi connectivity index (χ1v) is 20.8. The van der Waals surface area contributed by atoms with Gasteiger partial charge in [0.1, 0.15) is 0 Å². The molecule has 1 fully saturated rings. The van der Waals surface area contributed by atoms with Crippen LogP contribution in [0.5, 0.6) is 0 Å². The molecule has 1 saturated carbocycles. The van der Waals surface area contributed by atoms with Crippen molar-refractivity contribution in [1.82, 2.24) is 0 Å². The number of fused-ring (bicyclic) bond motifs is 3. The Morgan fingerprint density at radius 3 is 2.12 bits per heavy atom. The molecule has 4 aliphatic rings. The Morgan fingerprint density at radius 1 is 0.643 bits per heavy atom. The highest BCUT2D eigenvalue weighted by atomic mass is 15.2. The van der Waals surface area contributed by atoms with Gasteiger partial charge in [-0.25, -0.2) is 0 Å². The van der Waals surface area contributed by atoms with E-state index in [1.165, 1.54) is 87.2 Å². The average molecular weight is 729 g/mol. The summed E-state index contributed by atoms with van der Waals surface area (Å²) in [6.45, 7) is 4.37. The number of hydrogen-bond acceptors (Lipinski definition) is 2. The quantitative estimate of drug-likeness (QED) is 0.139. The van der Waals surface area contributed by atoms with Crippen LogP contribution in [0.1, 0.15) is 64.4 Å². The number of allylic oxidation sites excluding steroid dienone is 9. The lowest BCUT2D eigenvalue weighted by Gasteiger charge is -2.43. The van der Waals surface area contributed by atoms with Crippen LogP contribution in [0.2, 0.25) is 0 Å². The molecule has 2 nitrogen and oxygen atoms in total. The molecule has 0 aromatic heterocycles. The Morgan fingerprint density at radius 2 is 1.36 bits per heavy atom. The largest absolute Gasteiger partial charge is 0.313 e. The van der Waals surface area contributed by atoms with Crippen molar-refractivity contribution in [1.29, 1.82) is 0 Å². The summed E-state index contributed by atoms with van der Waals surface area (Å²) in [5.41, 5.74) is 11.7. The van der Waals surface area contributed by atoms with Gasteiger partial charge in [0.25, 0.3) is 0 Å². The number of rotatable bonds is 9. The van der Waals surface area contributed by atoms with Crippen molar-refractivity contribution in [2.45, 2.75) is 58.8 Å². The topological polar surface area (TPSA) is 6.48 Å². The van der Waals surface area contributed by atoms with E-state index in [2.05, 4.69) is 200 Å². The summed E-state index contributed by atoms with van der Waals surface area (Å²) in [6.07, 6.45) is 29.4. The molecular formula is C54H52N2. The molecule has 56 heavy (non-hydrogen) atoms. The first kappa shape index (κ1) is 35.8. The molecule has 5 aromatic carbocycles. The van der Waals surface area contributed by atoms with Crippen LogP contribution in [0.25, 0.3) is 28.2 Å². The predicted octanol–water partition coefficient (Wildman–Crippen LogP) is 12.9. The third-order valence-corrected chi connectivity index (χ3v) is 12.2. The molecule has 0 N–H and O–H groups in total. The maximum Gasteiger partial charge on any atom is 0.0579 e. The summed E-state index contributed by atoms with van der Waals surface area (Å²) in [5, 5.41) is 5.11. The Hall–Kier alpha value is -5.86. The van der Waals surface area contributed by atoms with Gasteiger partial charge in [0, 0.05) is 44.8 Å². The normalized spacial score (nSPS) is 19.8. The summed E-state index contributed by atoms with van der Waals surface area (Å²) >= 11 is 0. The van der Waals surface area contributed by atoms with Crippen molar-refractivity contribution in [2.75, 3.05) is 9.80 Å². The first-order chi connectivity index (χ1) is 27.7. The molecule has 0 bridgehead atoms. The fourth-order valence-corrected chi connectivity index (χ4v) is 9.39. The Balaban J connectivity index is 1.33. The van der Waals surface area contributed by atoms with Gasteiger partial charge in [0.05, 0.1) is 5.70 Å². The summed E-state index contributed by atoms with van der Waals surface area (Å²) in [6, 6.07) is 45.1. The zero-order valence-electron chi connectivity index (χ0n) is 32.8. The molecule has 0 spiro atoms. The number of hydrogen-bond donors (Lipinski definition) is 0. The van der Waals surface area contributed by atoms with Gasteiger partial charge in [-0.15, -0.1) is 0 Å². The Kier molecular flexibility index (Phi) is 10.3. The third-order valence-electron chi connectivity index (χ3n) is 12.2. The van der Waals surface area contributed by atoms with Crippen LogP contribution in [0.3, 0.4) is 0 Å². The van der Waals surface area contributed by atoms with Gasteiger partial charge in [-0.1, -0.05) is 165 Å². The van der Waals surface area contributed by atoms with E-state index in [-0.39, 0.29) is 5.92 Å². The molecule has 2 heteroatoms. The van der Waals surface area contributed by atoms with Crippen molar-refractivity contribution < 1.29 is 0 Å². The molecule has 2 unspecified atom stereocenters. The number of benzene rings is 5. The van der Waals surface area contributed by atoms with Crippen molar-refractivity contribution in [3.8, 4) is 0 Å². The van der Waals surface area contributed by atoms with E-state index in [0.29, 0.717) is 11.8 Å². The van der Waals surface area contributed by atoms with Gasteiger partial charge in [-0.05, 0) is 109 Å². The van der Waals surface area contributed by atoms with Crippen LogP contribution in [-0.2, 0) is 0 Å². The highest BCUT2D eigenvalue weighted by Gasteiger charge is 2.38. The minimum absolute atomic E-state index is 0.163. The van der Waals surface area contributed by atoms with Gasteiger partial charge in [-0.3, -0.25) is 0 Å². The van der Waals surface area contributed by atoms with E-state index in [4.69, 9.17) is 0 Å².